The molecule has 2 atom stereocenters. The zero-order valence-corrected chi connectivity index (χ0v) is 28.1. The van der Waals surface area contributed by atoms with Crippen molar-refractivity contribution in [3.05, 3.63) is 77.9 Å². The van der Waals surface area contributed by atoms with E-state index in [-0.39, 0.29) is 30.2 Å². The van der Waals surface area contributed by atoms with Gasteiger partial charge in [0, 0.05) is 39.1 Å². The van der Waals surface area contributed by atoms with Gasteiger partial charge in [0.25, 0.3) is 5.08 Å². The van der Waals surface area contributed by atoms with Crippen molar-refractivity contribution >= 4 is 42.4 Å². The van der Waals surface area contributed by atoms with E-state index in [0.29, 0.717) is 44.0 Å². The number of carbonyl (C=O) groups is 1. The van der Waals surface area contributed by atoms with Crippen molar-refractivity contribution in [2.75, 3.05) is 32.8 Å². The third-order valence-electron chi connectivity index (χ3n) is 8.12. The molecule has 47 heavy (non-hydrogen) atoms. The third-order valence-corrected chi connectivity index (χ3v) is 13.6. The average Bonchev–Trinajstić information content (AvgIpc) is 3.42. The second-order valence-electron chi connectivity index (χ2n) is 11.4. The lowest BCUT2D eigenvalue weighted by Gasteiger charge is -2.31. The first kappa shape index (κ1) is 35.2. The molecule has 12 nitrogen and oxygen atoms in total. The van der Waals surface area contributed by atoms with Crippen LogP contribution < -0.4 is 15.0 Å². The number of ketones is 1. The maximum atomic E-state index is 14.0. The third kappa shape index (κ3) is 7.81. The Morgan fingerprint density at radius 3 is 2.23 bits per heavy atom. The monoisotopic (exact) mass is 704 g/mol. The summed E-state index contributed by atoms with van der Waals surface area (Å²) in [4.78, 5) is 46.8. The Hall–Kier alpha value is -3.09. The molecule has 2 unspecified atom stereocenters. The standard InChI is InChI=1S/C32H38N2O10P2S/c33-16-4-15-32(37,45(38,39)40)46(41,42)44-26-12-7-23(8-13-26)31-29(27-14-9-24(35)21-28(27)47-31)30(36)22-5-10-25(11-6-22)43-20-19-34-17-2-1-3-18-34/h5-14,21,35,37H,1-4,15-20,33H2,(H,41,42)(H2,38,39,40). The number of benzene rings is 3. The average molecular weight is 705 g/mol. The number of fused-ring (bicyclic) bond motifs is 1. The van der Waals surface area contributed by atoms with E-state index >= 15 is 0 Å². The van der Waals surface area contributed by atoms with Crippen LogP contribution in [0.5, 0.6) is 17.2 Å². The predicted molar refractivity (Wildman–Crippen MR) is 180 cm³/mol. The molecule has 4 aromatic rings. The number of phenols is 1. The summed E-state index contributed by atoms with van der Waals surface area (Å²) in [6.07, 6.45) is 2.78. The van der Waals surface area contributed by atoms with Crippen molar-refractivity contribution in [1.82, 2.24) is 4.90 Å². The molecule has 0 radical (unpaired) electrons. The number of thiophene rings is 1. The minimum Gasteiger partial charge on any atom is -0.508 e. The summed E-state index contributed by atoms with van der Waals surface area (Å²) in [5.41, 5.74) is 6.74. The smallest absolute Gasteiger partial charge is 0.420 e. The Morgan fingerprint density at radius 1 is 0.936 bits per heavy atom. The molecule has 0 amide bonds. The Bertz CT molecular complexity index is 1800. The van der Waals surface area contributed by atoms with Crippen molar-refractivity contribution in [2.45, 2.75) is 37.2 Å². The van der Waals surface area contributed by atoms with Crippen LogP contribution in [-0.4, -0.2) is 73.4 Å². The van der Waals surface area contributed by atoms with E-state index in [1.54, 1.807) is 36.4 Å². The predicted octanol–water partition coefficient (Wildman–Crippen LogP) is 5.50. The molecular weight excluding hydrogens is 666 g/mol. The molecule has 0 spiro atoms. The highest BCUT2D eigenvalue weighted by Gasteiger charge is 2.61. The van der Waals surface area contributed by atoms with E-state index in [0.717, 1.165) is 19.6 Å². The lowest BCUT2D eigenvalue weighted by Crippen LogP contribution is -2.33. The highest BCUT2D eigenvalue weighted by molar-refractivity contribution is 7.72. The Labute approximate surface area is 276 Å². The van der Waals surface area contributed by atoms with Gasteiger partial charge in [-0.15, -0.1) is 11.3 Å². The molecule has 1 aliphatic heterocycles. The van der Waals surface area contributed by atoms with E-state index in [2.05, 4.69) is 4.90 Å². The Kier molecular flexibility index (Phi) is 10.9. The number of aliphatic hydroxyl groups is 1. The highest BCUT2D eigenvalue weighted by Crippen LogP contribution is 2.71. The first-order valence-corrected chi connectivity index (χ1v) is 19.2. The van der Waals surface area contributed by atoms with Crippen molar-refractivity contribution in [3.8, 4) is 27.7 Å². The molecule has 0 saturated carbocycles. The fourth-order valence-corrected chi connectivity index (χ4v) is 9.63. The first-order valence-electron chi connectivity index (χ1n) is 15.2. The van der Waals surface area contributed by atoms with Crippen LogP contribution in [0.15, 0.2) is 66.7 Å². The number of piperidine rings is 1. The summed E-state index contributed by atoms with van der Waals surface area (Å²) in [6, 6.07) is 17.3. The van der Waals surface area contributed by atoms with Gasteiger partial charge in [-0.05, 0) is 111 Å². The van der Waals surface area contributed by atoms with Gasteiger partial charge in [-0.2, -0.15) is 0 Å². The van der Waals surface area contributed by atoms with Crippen LogP contribution in [-0.2, 0) is 9.13 Å². The molecular formula is C32H38N2O10P2S. The van der Waals surface area contributed by atoms with Gasteiger partial charge in [-0.1, -0.05) is 6.42 Å². The molecule has 15 heteroatoms. The number of aromatic hydroxyl groups is 1. The second-order valence-corrected chi connectivity index (χ2v) is 16.6. The molecule has 2 heterocycles. The minimum atomic E-state index is -5.52. The molecule has 252 valence electrons. The second kappa shape index (κ2) is 14.6. The van der Waals surface area contributed by atoms with Gasteiger partial charge < -0.3 is 39.9 Å². The van der Waals surface area contributed by atoms with Crippen molar-refractivity contribution in [3.63, 3.8) is 0 Å². The number of hydrogen-bond donors (Lipinski definition) is 6. The molecule has 3 aromatic carbocycles. The molecule has 1 aromatic heterocycles. The number of hydrogen-bond acceptors (Lipinski definition) is 10. The maximum absolute atomic E-state index is 14.0. The molecule has 5 rings (SSSR count). The van der Waals surface area contributed by atoms with Crippen LogP contribution in [0.3, 0.4) is 0 Å². The molecule has 0 aliphatic carbocycles. The van der Waals surface area contributed by atoms with Gasteiger partial charge in [0.2, 0.25) is 0 Å². The number of carbonyl (C=O) groups excluding carboxylic acids is 1. The molecule has 1 fully saturated rings. The summed E-state index contributed by atoms with van der Waals surface area (Å²) in [5, 5.41) is 18.0. The summed E-state index contributed by atoms with van der Waals surface area (Å²) < 4.78 is 36.7. The fraction of sp³-hybridized carbons (Fsp3) is 0.344. The lowest BCUT2D eigenvalue weighted by atomic mass is 9.97. The van der Waals surface area contributed by atoms with Crippen LogP contribution >= 0.6 is 26.5 Å². The van der Waals surface area contributed by atoms with Gasteiger partial charge >= 0.3 is 15.2 Å². The van der Waals surface area contributed by atoms with E-state index in [1.807, 2.05) is 0 Å². The minimum absolute atomic E-state index is 0.0324. The van der Waals surface area contributed by atoms with Crippen molar-refractivity contribution in [1.29, 1.82) is 0 Å². The Morgan fingerprint density at radius 2 is 1.60 bits per heavy atom. The SMILES string of the molecule is NCCCC(O)(P(=O)(O)O)P(=O)(O)Oc1ccc(-c2sc3cc(O)ccc3c2C(=O)c2ccc(OCCN3CCCCC3)cc2)cc1. The first-order chi connectivity index (χ1) is 22.3. The van der Waals surface area contributed by atoms with Crippen LogP contribution in [0.2, 0.25) is 0 Å². The molecule has 7 N–H and O–H groups in total. The number of nitrogens with zero attached hydrogens (tertiary/aromatic N) is 1. The Balaban J connectivity index is 1.39. The zero-order valence-electron chi connectivity index (χ0n) is 25.5. The number of nitrogens with two attached hydrogens (primary N) is 1. The molecule has 1 saturated heterocycles. The quantitative estimate of drug-likeness (QED) is 0.0713. The van der Waals surface area contributed by atoms with Gasteiger partial charge in [-0.3, -0.25) is 14.3 Å². The normalized spacial score (nSPS) is 16.8. The van der Waals surface area contributed by atoms with Crippen molar-refractivity contribution < 1.29 is 48.1 Å². The maximum Gasteiger partial charge on any atom is 0.420 e. The number of rotatable bonds is 14. The van der Waals surface area contributed by atoms with E-state index in [1.165, 1.54) is 60.9 Å². The van der Waals surface area contributed by atoms with Gasteiger partial charge in [-0.25, -0.2) is 4.57 Å². The van der Waals surface area contributed by atoms with Crippen LogP contribution in [0.1, 0.15) is 48.0 Å². The van der Waals surface area contributed by atoms with Gasteiger partial charge in [0.1, 0.15) is 23.9 Å². The van der Waals surface area contributed by atoms with Crippen LogP contribution in [0.4, 0.5) is 0 Å². The highest BCUT2D eigenvalue weighted by atomic mass is 32.1. The van der Waals surface area contributed by atoms with E-state index < -0.39 is 26.7 Å². The number of likely N-dealkylation sites (tertiary alicyclic amines) is 1. The largest absolute Gasteiger partial charge is 0.508 e. The zero-order chi connectivity index (χ0) is 33.8. The van der Waals surface area contributed by atoms with E-state index in [9.17, 15) is 38.8 Å². The molecule has 1 aliphatic rings. The van der Waals surface area contributed by atoms with Crippen LogP contribution in [0, 0.1) is 0 Å². The lowest BCUT2D eigenvalue weighted by molar-refractivity contribution is 0.104. The van der Waals surface area contributed by atoms with E-state index in [4.69, 9.17) is 15.0 Å². The summed E-state index contributed by atoms with van der Waals surface area (Å²) in [7, 11) is -10.9. The summed E-state index contributed by atoms with van der Waals surface area (Å²) in [5.74, 6) is 0.194. The summed E-state index contributed by atoms with van der Waals surface area (Å²) >= 11 is 1.27. The van der Waals surface area contributed by atoms with Gasteiger partial charge in [0.15, 0.2) is 5.78 Å². The molecule has 0 bridgehead atoms. The topological polar surface area (TPSA) is 200 Å². The van der Waals surface area contributed by atoms with Crippen LogP contribution in [0.25, 0.3) is 20.5 Å². The number of phenolic OH excluding ortho intramolecular Hbond substituents is 1. The van der Waals surface area contributed by atoms with Gasteiger partial charge in [0.05, 0.1) is 0 Å². The fourth-order valence-electron chi connectivity index (χ4n) is 5.51. The van der Waals surface area contributed by atoms with Crippen molar-refractivity contribution in [2.24, 2.45) is 5.73 Å². The summed E-state index contributed by atoms with van der Waals surface area (Å²) in [6.45, 7) is 3.48. The number of ether oxygens (including phenoxy) is 1.